The molecule has 1 N–H and O–H groups in total. The zero-order chi connectivity index (χ0) is 13.5. The van der Waals surface area contributed by atoms with E-state index >= 15 is 0 Å². The second kappa shape index (κ2) is 7.04. The van der Waals surface area contributed by atoms with E-state index in [1.807, 2.05) is 45.2 Å². The van der Waals surface area contributed by atoms with Gasteiger partial charge in [-0.25, -0.2) is 0 Å². The van der Waals surface area contributed by atoms with Crippen LogP contribution >= 0.6 is 0 Å². The number of carbonyl (C=O) groups is 1. The first-order valence-electron chi connectivity index (χ1n) is 6.63. The molecule has 0 aliphatic heterocycles. The predicted molar refractivity (Wildman–Crippen MR) is 76.8 cm³/mol. The lowest BCUT2D eigenvalue weighted by molar-refractivity contribution is -0.130. The molecule has 0 heterocycles. The summed E-state index contributed by atoms with van der Waals surface area (Å²) in [6.07, 6.45) is 2.16. The lowest BCUT2D eigenvalue weighted by Crippen LogP contribution is -2.39. The van der Waals surface area contributed by atoms with E-state index in [4.69, 9.17) is 0 Å². The molecule has 3 heteroatoms. The maximum absolute atomic E-state index is 12.1. The molecule has 0 aliphatic carbocycles. The van der Waals surface area contributed by atoms with Gasteiger partial charge in [-0.05, 0) is 31.9 Å². The van der Waals surface area contributed by atoms with Gasteiger partial charge in [0.25, 0.3) is 0 Å². The Balaban J connectivity index is 2.57. The fourth-order valence-corrected chi connectivity index (χ4v) is 1.87. The Bertz CT molecular complexity index is 390. The number of hydrogen-bond donors (Lipinski definition) is 1. The first kappa shape index (κ1) is 14.6. The summed E-state index contributed by atoms with van der Waals surface area (Å²) >= 11 is 0. The topological polar surface area (TPSA) is 32.3 Å². The van der Waals surface area contributed by atoms with Crippen LogP contribution in [0.3, 0.4) is 0 Å². The Morgan fingerprint density at radius 3 is 2.67 bits per heavy atom. The normalized spacial score (nSPS) is 12.0. The molecule has 1 rings (SSSR count). The molecule has 1 amide bonds. The zero-order valence-corrected chi connectivity index (χ0v) is 11.9. The van der Waals surface area contributed by atoms with Crippen molar-refractivity contribution in [1.29, 1.82) is 0 Å². The monoisotopic (exact) mass is 248 g/mol. The van der Waals surface area contributed by atoms with Crippen LogP contribution in [0.1, 0.15) is 32.3 Å². The number of rotatable bonds is 6. The highest BCUT2D eigenvalue weighted by atomic mass is 16.2. The second-order valence-corrected chi connectivity index (χ2v) is 4.79. The molecule has 0 fully saturated rings. The van der Waals surface area contributed by atoms with Crippen LogP contribution in [-0.4, -0.2) is 30.4 Å². The van der Waals surface area contributed by atoms with E-state index in [0.29, 0.717) is 0 Å². The van der Waals surface area contributed by atoms with Crippen LogP contribution in [0.25, 0.3) is 0 Å². The molecular formula is C15H24N2O. The summed E-state index contributed by atoms with van der Waals surface area (Å²) in [5.74, 6) is 0.145. The highest BCUT2D eigenvalue weighted by Gasteiger charge is 2.17. The van der Waals surface area contributed by atoms with Gasteiger partial charge >= 0.3 is 0 Å². The molecule has 0 bridgehead atoms. The Labute approximate surface area is 110 Å². The zero-order valence-electron chi connectivity index (χ0n) is 11.9. The van der Waals surface area contributed by atoms with Gasteiger partial charge in [-0.1, -0.05) is 31.5 Å². The molecule has 1 aromatic carbocycles. The van der Waals surface area contributed by atoms with Gasteiger partial charge in [0, 0.05) is 19.3 Å². The van der Waals surface area contributed by atoms with E-state index in [1.54, 1.807) is 4.90 Å². The molecule has 100 valence electrons. The fraction of sp³-hybridized carbons (Fsp3) is 0.533. The third-order valence-corrected chi connectivity index (χ3v) is 3.11. The van der Waals surface area contributed by atoms with Gasteiger partial charge in [0.05, 0.1) is 0 Å². The number of nitrogens with one attached hydrogen (secondary N) is 1. The standard InChI is InChI=1S/C15H24N2O/c1-5-6-11-17(4)15(18)13(3)16-14-10-8-7-9-12(14)2/h7-10,13,16H,5-6,11H2,1-4H3. The second-order valence-electron chi connectivity index (χ2n) is 4.79. The molecule has 1 aromatic rings. The van der Waals surface area contributed by atoms with Crippen molar-refractivity contribution in [1.82, 2.24) is 4.90 Å². The molecule has 3 nitrogen and oxygen atoms in total. The number of aryl methyl sites for hydroxylation is 1. The minimum absolute atomic E-state index is 0.145. The summed E-state index contributed by atoms with van der Waals surface area (Å²) < 4.78 is 0. The quantitative estimate of drug-likeness (QED) is 0.839. The Hall–Kier alpha value is -1.51. The number of benzene rings is 1. The van der Waals surface area contributed by atoms with Gasteiger partial charge in [0.1, 0.15) is 6.04 Å². The highest BCUT2D eigenvalue weighted by molar-refractivity contribution is 5.84. The molecule has 0 aliphatic rings. The molecule has 0 spiro atoms. The van der Waals surface area contributed by atoms with Crippen molar-refractivity contribution in [3.63, 3.8) is 0 Å². The molecule has 0 aromatic heterocycles. The number of carbonyl (C=O) groups excluding carboxylic acids is 1. The summed E-state index contributed by atoms with van der Waals surface area (Å²) in [6, 6.07) is 7.84. The van der Waals surface area contributed by atoms with Crippen LogP contribution in [0.4, 0.5) is 5.69 Å². The van der Waals surface area contributed by atoms with Crippen molar-refractivity contribution < 1.29 is 4.79 Å². The minimum Gasteiger partial charge on any atom is -0.374 e. The van der Waals surface area contributed by atoms with E-state index in [9.17, 15) is 4.79 Å². The minimum atomic E-state index is -0.187. The molecule has 0 saturated heterocycles. The van der Waals surface area contributed by atoms with Crippen molar-refractivity contribution in [2.24, 2.45) is 0 Å². The van der Waals surface area contributed by atoms with Gasteiger partial charge in [-0.15, -0.1) is 0 Å². The maximum Gasteiger partial charge on any atom is 0.244 e. The van der Waals surface area contributed by atoms with Crippen molar-refractivity contribution in [2.45, 2.75) is 39.7 Å². The van der Waals surface area contributed by atoms with Gasteiger partial charge in [0.15, 0.2) is 0 Å². The van der Waals surface area contributed by atoms with Crippen LogP contribution in [0.15, 0.2) is 24.3 Å². The van der Waals surface area contributed by atoms with Crippen molar-refractivity contribution in [2.75, 3.05) is 18.9 Å². The van der Waals surface area contributed by atoms with Crippen LogP contribution in [0.2, 0.25) is 0 Å². The van der Waals surface area contributed by atoms with E-state index in [-0.39, 0.29) is 11.9 Å². The fourth-order valence-electron chi connectivity index (χ4n) is 1.87. The first-order chi connectivity index (χ1) is 8.56. The SMILES string of the molecule is CCCCN(C)C(=O)C(C)Nc1ccccc1C. The van der Waals surface area contributed by atoms with Crippen molar-refractivity contribution >= 4 is 11.6 Å². The number of amides is 1. The Morgan fingerprint density at radius 1 is 1.39 bits per heavy atom. The van der Waals surface area contributed by atoms with Gasteiger partial charge in [-0.2, -0.15) is 0 Å². The van der Waals surface area contributed by atoms with E-state index < -0.39 is 0 Å². The third-order valence-electron chi connectivity index (χ3n) is 3.11. The van der Waals surface area contributed by atoms with Crippen LogP contribution < -0.4 is 5.32 Å². The van der Waals surface area contributed by atoms with Gasteiger partial charge in [-0.3, -0.25) is 4.79 Å². The number of para-hydroxylation sites is 1. The van der Waals surface area contributed by atoms with E-state index in [0.717, 1.165) is 30.6 Å². The summed E-state index contributed by atoms with van der Waals surface area (Å²) in [4.78, 5) is 13.9. The van der Waals surface area contributed by atoms with Crippen molar-refractivity contribution in [3.05, 3.63) is 29.8 Å². The molecule has 0 saturated carbocycles. The van der Waals surface area contributed by atoms with Crippen LogP contribution in [0.5, 0.6) is 0 Å². The van der Waals surface area contributed by atoms with Gasteiger partial charge < -0.3 is 10.2 Å². The van der Waals surface area contributed by atoms with Crippen LogP contribution in [0, 0.1) is 6.92 Å². The number of anilines is 1. The first-order valence-corrected chi connectivity index (χ1v) is 6.63. The molecule has 18 heavy (non-hydrogen) atoms. The largest absolute Gasteiger partial charge is 0.374 e. The highest BCUT2D eigenvalue weighted by Crippen LogP contribution is 2.14. The number of nitrogens with zero attached hydrogens (tertiary/aromatic N) is 1. The lowest BCUT2D eigenvalue weighted by Gasteiger charge is -2.23. The van der Waals surface area contributed by atoms with Gasteiger partial charge in [0.2, 0.25) is 5.91 Å². The van der Waals surface area contributed by atoms with E-state index in [1.165, 1.54) is 0 Å². The summed E-state index contributed by atoms with van der Waals surface area (Å²) in [6.45, 7) is 6.92. The average Bonchev–Trinajstić information content (AvgIpc) is 2.37. The Kier molecular flexibility index (Phi) is 5.69. The smallest absolute Gasteiger partial charge is 0.244 e. The predicted octanol–water partition coefficient (Wildman–Crippen LogP) is 3.05. The average molecular weight is 248 g/mol. The molecule has 1 unspecified atom stereocenters. The number of likely N-dealkylation sites (N-methyl/N-ethyl adjacent to an activating group) is 1. The summed E-state index contributed by atoms with van der Waals surface area (Å²) in [5.41, 5.74) is 2.19. The van der Waals surface area contributed by atoms with Crippen molar-refractivity contribution in [3.8, 4) is 0 Å². The Morgan fingerprint density at radius 2 is 2.06 bits per heavy atom. The van der Waals surface area contributed by atoms with E-state index in [2.05, 4.69) is 12.2 Å². The number of unbranched alkanes of at least 4 members (excludes halogenated alkanes) is 1. The summed E-state index contributed by atoms with van der Waals surface area (Å²) in [5, 5.41) is 3.28. The molecule has 1 atom stereocenters. The third kappa shape index (κ3) is 4.06. The lowest BCUT2D eigenvalue weighted by atomic mass is 10.1. The number of hydrogen-bond acceptors (Lipinski definition) is 2. The molecular weight excluding hydrogens is 224 g/mol. The summed E-state index contributed by atoms with van der Waals surface area (Å²) in [7, 11) is 1.87. The van der Waals surface area contributed by atoms with Crippen LogP contribution in [-0.2, 0) is 4.79 Å². The molecule has 0 radical (unpaired) electrons. The maximum atomic E-state index is 12.1.